The molecule has 2 atom stereocenters. The summed E-state index contributed by atoms with van der Waals surface area (Å²) in [5.41, 5.74) is 0. The molecule has 0 radical (unpaired) electrons. The molecule has 1 saturated carbocycles. The standard InChI is InChI=1S/C3H4BrOS/c4-2-1-3(2)6-5/h2-3H,1H2/q+1. The van der Waals surface area contributed by atoms with Crippen LogP contribution in [0.1, 0.15) is 6.42 Å². The third kappa shape index (κ3) is 0.763. The van der Waals surface area contributed by atoms with Crippen LogP contribution >= 0.6 is 15.9 Å². The molecule has 0 aromatic carbocycles. The Bertz CT molecular complexity index is 75.2. The summed E-state index contributed by atoms with van der Waals surface area (Å²) in [7, 11) is 0. The maximum absolute atomic E-state index is 9.79. The largest absolute Gasteiger partial charge is 0.463 e. The molecule has 1 aliphatic rings. The van der Waals surface area contributed by atoms with Crippen molar-refractivity contribution in [1.82, 2.24) is 0 Å². The van der Waals surface area contributed by atoms with Crippen LogP contribution in [0.5, 0.6) is 0 Å². The van der Waals surface area contributed by atoms with E-state index >= 15 is 0 Å². The first kappa shape index (κ1) is 4.65. The van der Waals surface area contributed by atoms with Gasteiger partial charge in [0, 0.05) is 10.6 Å². The second-order valence-corrected chi connectivity index (χ2v) is 3.36. The van der Waals surface area contributed by atoms with Crippen LogP contribution in [0.3, 0.4) is 0 Å². The van der Waals surface area contributed by atoms with Gasteiger partial charge in [-0.15, -0.1) is 0 Å². The molecule has 6 heavy (non-hydrogen) atoms. The Morgan fingerprint density at radius 2 is 2.33 bits per heavy atom. The second-order valence-electron chi connectivity index (χ2n) is 1.39. The minimum absolute atomic E-state index is 0.380. The maximum Gasteiger partial charge on any atom is 0.463 e. The minimum atomic E-state index is 0.380. The van der Waals surface area contributed by atoms with E-state index in [1.54, 1.807) is 0 Å². The summed E-state index contributed by atoms with van der Waals surface area (Å²) >= 11 is 3.99. The molecule has 1 fully saturated rings. The SMILES string of the molecule is O=[S+]C1CC1Br. The van der Waals surface area contributed by atoms with E-state index in [-0.39, 0.29) is 0 Å². The van der Waals surface area contributed by atoms with Crippen LogP contribution < -0.4 is 0 Å². The topological polar surface area (TPSA) is 17.1 Å². The zero-order valence-corrected chi connectivity index (χ0v) is 5.46. The number of hydrogen-bond donors (Lipinski definition) is 0. The molecular weight excluding hydrogens is 164 g/mol. The Morgan fingerprint density at radius 3 is 2.33 bits per heavy atom. The third-order valence-electron chi connectivity index (χ3n) is 0.781. The second kappa shape index (κ2) is 1.54. The van der Waals surface area contributed by atoms with Crippen molar-refractivity contribution >= 4 is 27.6 Å². The molecule has 0 spiro atoms. The van der Waals surface area contributed by atoms with E-state index < -0.39 is 0 Å². The molecule has 0 bridgehead atoms. The van der Waals surface area contributed by atoms with Crippen LogP contribution in [-0.4, -0.2) is 10.1 Å². The number of halogens is 1. The average molecular weight is 168 g/mol. The monoisotopic (exact) mass is 167 g/mol. The molecule has 1 nitrogen and oxygen atoms in total. The van der Waals surface area contributed by atoms with Crippen molar-refractivity contribution in [2.45, 2.75) is 16.5 Å². The number of alkyl halides is 1. The molecule has 0 saturated heterocycles. The van der Waals surface area contributed by atoms with Gasteiger partial charge in [0.05, 0.1) is 4.83 Å². The van der Waals surface area contributed by atoms with Gasteiger partial charge < -0.3 is 0 Å². The highest BCUT2D eigenvalue weighted by atomic mass is 79.9. The first-order chi connectivity index (χ1) is 2.84. The third-order valence-corrected chi connectivity index (χ3v) is 2.91. The van der Waals surface area contributed by atoms with E-state index in [1.807, 2.05) is 0 Å². The smallest absolute Gasteiger partial charge is 0.0825 e. The Kier molecular flexibility index (Phi) is 1.20. The van der Waals surface area contributed by atoms with Gasteiger partial charge in [-0.1, -0.05) is 15.9 Å². The lowest BCUT2D eigenvalue weighted by Crippen LogP contribution is -1.76. The Balaban J connectivity index is 2.25. The van der Waals surface area contributed by atoms with E-state index in [2.05, 4.69) is 15.9 Å². The molecule has 0 aromatic heterocycles. The summed E-state index contributed by atoms with van der Waals surface area (Å²) in [5.74, 6) is 0. The van der Waals surface area contributed by atoms with E-state index in [0.717, 1.165) is 6.42 Å². The number of hydrogen-bond acceptors (Lipinski definition) is 1. The van der Waals surface area contributed by atoms with Gasteiger partial charge in [0.25, 0.3) is 5.25 Å². The predicted octanol–water partition coefficient (Wildman–Crippen LogP) is 0.950. The van der Waals surface area contributed by atoms with Crippen LogP contribution in [0.2, 0.25) is 0 Å². The highest BCUT2D eigenvalue weighted by Gasteiger charge is 2.47. The summed E-state index contributed by atoms with van der Waals surface area (Å²) in [6, 6.07) is 0. The summed E-state index contributed by atoms with van der Waals surface area (Å²) in [5, 5.41) is 0.380. The lowest BCUT2D eigenvalue weighted by molar-refractivity contribution is 0.604. The lowest BCUT2D eigenvalue weighted by Gasteiger charge is -1.51. The van der Waals surface area contributed by atoms with Crippen LogP contribution in [0.4, 0.5) is 0 Å². The van der Waals surface area contributed by atoms with Gasteiger partial charge in [0.15, 0.2) is 0 Å². The molecular formula is C3H4BrOS+. The zero-order valence-electron chi connectivity index (χ0n) is 3.06. The molecule has 2 unspecified atom stereocenters. The summed E-state index contributed by atoms with van der Waals surface area (Å²) in [6.07, 6.45) is 1.06. The van der Waals surface area contributed by atoms with Gasteiger partial charge >= 0.3 is 11.7 Å². The van der Waals surface area contributed by atoms with Crippen LogP contribution in [0, 0.1) is 0 Å². The highest BCUT2D eigenvalue weighted by molar-refractivity contribution is 9.09. The summed E-state index contributed by atoms with van der Waals surface area (Å²) in [4.78, 5) is 0.528. The normalized spacial score (nSPS) is 42.2. The zero-order chi connectivity index (χ0) is 4.57. The van der Waals surface area contributed by atoms with Crippen molar-refractivity contribution in [3.63, 3.8) is 0 Å². The van der Waals surface area contributed by atoms with Gasteiger partial charge in [0.2, 0.25) is 0 Å². The quantitative estimate of drug-likeness (QED) is 0.420. The van der Waals surface area contributed by atoms with E-state index in [1.165, 1.54) is 0 Å². The molecule has 1 aliphatic carbocycles. The van der Waals surface area contributed by atoms with E-state index in [4.69, 9.17) is 0 Å². The summed E-state index contributed by atoms with van der Waals surface area (Å²) < 4.78 is 9.79. The fraction of sp³-hybridized carbons (Fsp3) is 1.00. The number of rotatable bonds is 1. The van der Waals surface area contributed by atoms with Gasteiger partial charge in [-0.25, -0.2) is 0 Å². The molecule has 1 rings (SSSR count). The molecule has 34 valence electrons. The fourth-order valence-electron chi connectivity index (χ4n) is 0.243. The predicted molar refractivity (Wildman–Crippen MR) is 29.2 cm³/mol. The van der Waals surface area contributed by atoms with Crippen molar-refractivity contribution in [3.8, 4) is 0 Å². The average Bonchev–Trinajstić information content (AvgIpc) is 2.19. The van der Waals surface area contributed by atoms with Crippen LogP contribution in [0.25, 0.3) is 0 Å². The lowest BCUT2D eigenvalue weighted by atomic mass is 11.0. The Morgan fingerprint density at radius 1 is 1.83 bits per heavy atom. The molecule has 0 heterocycles. The Hall–Kier alpha value is 0.500. The maximum atomic E-state index is 9.79. The molecule has 0 N–H and O–H groups in total. The van der Waals surface area contributed by atoms with E-state index in [0.29, 0.717) is 21.7 Å². The van der Waals surface area contributed by atoms with Gasteiger partial charge in [0.1, 0.15) is 0 Å². The van der Waals surface area contributed by atoms with Crippen molar-refractivity contribution in [3.05, 3.63) is 0 Å². The minimum Gasteiger partial charge on any atom is -0.0825 e. The Labute approximate surface area is 48.7 Å². The van der Waals surface area contributed by atoms with Crippen molar-refractivity contribution in [1.29, 1.82) is 0 Å². The fourth-order valence-corrected chi connectivity index (χ4v) is 1.56. The molecule has 0 amide bonds. The van der Waals surface area contributed by atoms with Crippen LogP contribution in [0.15, 0.2) is 0 Å². The molecule has 0 aromatic rings. The van der Waals surface area contributed by atoms with E-state index in [9.17, 15) is 4.21 Å². The van der Waals surface area contributed by atoms with Gasteiger partial charge in [-0.3, -0.25) is 0 Å². The van der Waals surface area contributed by atoms with Gasteiger partial charge in [-0.05, 0) is 0 Å². The van der Waals surface area contributed by atoms with Crippen LogP contribution in [-0.2, 0) is 15.9 Å². The first-order valence-corrected chi connectivity index (χ1v) is 3.49. The highest BCUT2D eigenvalue weighted by Crippen LogP contribution is 2.31. The first-order valence-electron chi connectivity index (χ1n) is 1.77. The molecule has 0 aliphatic heterocycles. The summed E-state index contributed by atoms with van der Waals surface area (Å²) in [6.45, 7) is 0. The van der Waals surface area contributed by atoms with Gasteiger partial charge in [-0.2, -0.15) is 0 Å². The van der Waals surface area contributed by atoms with Crippen molar-refractivity contribution in [2.75, 3.05) is 0 Å². The van der Waals surface area contributed by atoms with Crippen molar-refractivity contribution in [2.24, 2.45) is 0 Å². The molecule has 3 heteroatoms. The van der Waals surface area contributed by atoms with Crippen molar-refractivity contribution < 1.29 is 4.21 Å².